The summed E-state index contributed by atoms with van der Waals surface area (Å²) in [7, 11) is 0. The highest BCUT2D eigenvalue weighted by Crippen LogP contribution is 2.30. The van der Waals surface area contributed by atoms with Crippen LogP contribution in [-0.2, 0) is 11.0 Å². The predicted molar refractivity (Wildman–Crippen MR) is 55.2 cm³/mol. The van der Waals surface area contributed by atoms with Gasteiger partial charge >= 0.3 is 6.18 Å². The fourth-order valence-corrected chi connectivity index (χ4v) is 1.76. The molecular formula is C11H11F3N2O. The summed E-state index contributed by atoms with van der Waals surface area (Å²) in [5.74, 6) is -0.296. The van der Waals surface area contributed by atoms with Crippen LogP contribution in [0.25, 0.3) is 0 Å². The van der Waals surface area contributed by atoms with Gasteiger partial charge in [-0.15, -0.1) is 0 Å². The Hall–Kier alpha value is -1.56. The molecule has 0 bridgehead atoms. The summed E-state index contributed by atoms with van der Waals surface area (Å²) >= 11 is 0. The van der Waals surface area contributed by atoms with Crippen LogP contribution in [0, 0.1) is 0 Å². The lowest BCUT2D eigenvalue weighted by Gasteiger charge is -2.24. The molecule has 1 saturated heterocycles. The normalized spacial score (nSPS) is 21.1. The molecule has 0 saturated carbocycles. The van der Waals surface area contributed by atoms with Gasteiger partial charge < -0.3 is 10.6 Å². The third-order valence-corrected chi connectivity index (χ3v) is 2.58. The monoisotopic (exact) mass is 244 g/mol. The van der Waals surface area contributed by atoms with Gasteiger partial charge in [-0.25, -0.2) is 0 Å². The van der Waals surface area contributed by atoms with Crippen LogP contribution in [0.2, 0.25) is 0 Å². The van der Waals surface area contributed by atoms with Crippen LogP contribution < -0.4 is 10.6 Å². The number of carbonyl (C=O) groups excluding carboxylic acids is 1. The van der Waals surface area contributed by atoms with Crippen LogP contribution in [0.5, 0.6) is 0 Å². The zero-order chi connectivity index (χ0) is 12.5. The van der Waals surface area contributed by atoms with E-state index in [1.807, 2.05) is 0 Å². The molecule has 1 aromatic rings. The van der Waals surface area contributed by atoms with Crippen molar-refractivity contribution in [1.82, 2.24) is 10.6 Å². The van der Waals surface area contributed by atoms with E-state index in [4.69, 9.17) is 0 Å². The lowest BCUT2D eigenvalue weighted by Crippen LogP contribution is -2.47. The Morgan fingerprint density at radius 2 is 2.00 bits per heavy atom. The molecule has 0 aliphatic carbocycles. The van der Waals surface area contributed by atoms with Gasteiger partial charge in [0.1, 0.15) is 6.04 Å². The molecule has 2 N–H and O–H groups in total. The molecule has 1 aromatic carbocycles. The largest absolute Gasteiger partial charge is 0.416 e. The van der Waals surface area contributed by atoms with Crippen LogP contribution in [0.15, 0.2) is 24.3 Å². The smallest absolute Gasteiger partial charge is 0.353 e. The number of nitrogens with one attached hydrogen (secondary N) is 2. The number of alkyl halides is 3. The summed E-state index contributed by atoms with van der Waals surface area (Å²) in [5.41, 5.74) is -0.410. The Labute approximate surface area is 96.0 Å². The molecule has 1 fully saturated rings. The van der Waals surface area contributed by atoms with Crippen LogP contribution in [-0.4, -0.2) is 19.0 Å². The molecule has 6 heteroatoms. The first-order chi connectivity index (χ1) is 7.98. The molecular weight excluding hydrogens is 233 g/mol. The van der Waals surface area contributed by atoms with E-state index in [0.29, 0.717) is 18.7 Å². The zero-order valence-electron chi connectivity index (χ0n) is 8.84. The van der Waals surface area contributed by atoms with Gasteiger partial charge in [-0.3, -0.25) is 4.79 Å². The molecule has 1 heterocycles. The van der Waals surface area contributed by atoms with Crippen LogP contribution >= 0.6 is 0 Å². The molecule has 1 aliphatic heterocycles. The Morgan fingerprint density at radius 1 is 1.24 bits per heavy atom. The number of amides is 1. The van der Waals surface area contributed by atoms with Crippen molar-refractivity contribution in [2.75, 3.05) is 13.1 Å². The molecule has 0 aromatic heterocycles. The van der Waals surface area contributed by atoms with Crippen molar-refractivity contribution in [3.63, 3.8) is 0 Å². The molecule has 92 valence electrons. The first kappa shape index (κ1) is 11.9. The lowest BCUT2D eigenvalue weighted by atomic mass is 10.0. The van der Waals surface area contributed by atoms with E-state index in [9.17, 15) is 18.0 Å². The van der Waals surface area contributed by atoms with Gasteiger partial charge in [-0.1, -0.05) is 12.1 Å². The number of hydrogen-bond donors (Lipinski definition) is 2. The van der Waals surface area contributed by atoms with E-state index < -0.39 is 17.8 Å². The van der Waals surface area contributed by atoms with E-state index in [2.05, 4.69) is 10.6 Å². The molecule has 2 rings (SSSR count). The van der Waals surface area contributed by atoms with Gasteiger partial charge in [-0.2, -0.15) is 13.2 Å². The Morgan fingerprint density at radius 3 is 2.65 bits per heavy atom. The minimum absolute atomic E-state index is 0.296. The first-order valence-corrected chi connectivity index (χ1v) is 5.17. The minimum Gasteiger partial charge on any atom is -0.353 e. The Balaban J connectivity index is 2.29. The van der Waals surface area contributed by atoms with Gasteiger partial charge in [0.15, 0.2) is 0 Å². The highest BCUT2D eigenvalue weighted by molar-refractivity contribution is 5.83. The molecule has 1 amide bonds. The lowest BCUT2D eigenvalue weighted by molar-refractivity contribution is -0.137. The highest BCUT2D eigenvalue weighted by atomic mass is 19.4. The van der Waals surface area contributed by atoms with Gasteiger partial charge in [0.25, 0.3) is 0 Å². The molecule has 1 atom stereocenters. The summed E-state index contributed by atoms with van der Waals surface area (Å²) in [4.78, 5) is 11.5. The molecule has 3 nitrogen and oxygen atoms in total. The fraction of sp³-hybridized carbons (Fsp3) is 0.364. The number of rotatable bonds is 1. The highest BCUT2D eigenvalue weighted by Gasteiger charge is 2.32. The number of hydrogen-bond acceptors (Lipinski definition) is 2. The predicted octanol–water partition coefficient (Wildman–Crippen LogP) is 1.47. The molecule has 0 radical (unpaired) electrons. The summed E-state index contributed by atoms with van der Waals surface area (Å²) in [5, 5.41) is 5.49. The van der Waals surface area contributed by atoms with Gasteiger partial charge in [0.05, 0.1) is 5.56 Å². The van der Waals surface area contributed by atoms with Crippen molar-refractivity contribution in [2.45, 2.75) is 12.2 Å². The van der Waals surface area contributed by atoms with Crippen molar-refractivity contribution in [3.8, 4) is 0 Å². The maximum absolute atomic E-state index is 12.5. The van der Waals surface area contributed by atoms with Gasteiger partial charge in [0.2, 0.25) is 5.91 Å². The summed E-state index contributed by atoms with van der Waals surface area (Å²) in [6.07, 6.45) is -4.39. The van der Waals surface area contributed by atoms with Crippen molar-refractivity contribution < 1.29 is 18.0 Å². The van der Waals surface area contributed by atoms with E-state index in [-0.39, 0.29) is 5.91 Å². The van der Waals surface area contributed by atoms with E-state index in [1.165, 1.54) is 12.1 Å². The fourth-order valence-electron chi connectivity index (χ4n) is 1.76. The SMILES string of the molecule is O=C1NCCNC1c1cccc(C(F)(F)F)c1. The molecule has 1 aliphatic rings. The summed E-state index contributed by atoms with van der Waals surface area (Å²) < 4.78 is 37.5. The van der Waals surface area contributed by atoms with E-state index >= 15 is 0 Å². The Kier molecular flexibility index (Phi) is 3.06. The maximum atomic E-state index is 12.5. The van der Waals surface area contributed by atoms with Gasteiger partial charge in [-0.05, 0) is 17.7 Å². The number of benzene rings is 1. The second kappa shape index (κ2) is 4.37. The number of carbonyl (C=O) groups is 1. The van der Waals surface area contributed by atoms with Crippen LogP contribution in [0.1, 0.15) is 17.2 Å². The van der Waals surface area contributed by atoms with Crippen molar-refractivity contribution in [1.29, 1.82) is 0 Å². The van der Waals surface area contributed by atoms with E-state index in [0.717, 1.165) is 12.1 Å². The summed E-state index contributed by atoms with van der Waals surface area (Å²) in [6.45, 7) is 1.04. The number of halogens is 3. The quantitative estimate of drug-likeness (QED) is 0.785. The van der Waals surface area contributed by atoms with Crippen molar-refractivity contribution >= 4 is 5.91 Å². The average Bonchev–Trinajstić information content (AvgIpc) is 2.29. The van der Waals surface area contributed by atoms with E-state index in [1.54, 1.807) is 0 Å². The van der Waals surface area contributed by atoms with Crippen LogP contribution in [0.4, 0.5) is 13.2 Å². The molecule has 17 heavy (non-hydrogen) atoms. The first-order valence-electron chi connectivity index (χ1n) is 5.17. The van der Waals surface area contributed by atoms with Gasteiger partial charge in [0, 0.05) is 13.1 Å². The minimum atomic E-state index is -4.39. The Bertz CT molecular complexity index is 431. The number of piperazine rings is 1. The van der Waals surface area contributed by atoms with Crippen molar-refractivity contribution in [3.05, 3.63) is 35.4 Å². The topological polar surface area (TPSA) is 41.1 Å². The zero-order valence-corrected chi connectivity index (χ0v) is 8.84. The second-order valence-corrected chi connectivity index (χ2v) is 3.80. The summed E-state index contributed by atoms with van der Waals surface area (Å²) in [6, 6.07) is 4.11. The third kappa shape index (κ3) is 2.58. The van der Waals surface area contributed by atoms with Crippen molar-refractivity contribution in [2.24, 2.45) is 0 Å². The molecule has 1 unspecified atom stereocenters. The maximum Gasteiger partial charge on any atom is 0.416 e. The third-order valence-electron chi connectivity index (χ3n) is 2.58. The second-order valence-electron chi connectivity index (χ2n) is 3.80. The van der Waals surface area contributed by atoms with Crippen LogP contribution in [0.3, 0.4) is 0 Å². The standard InChI is InChI=1S/C11H11F3N2O/c12-11(13,14)8-3-1-2-7(6-8)9-10(17)16-5-4-15-9/h1-3,6,9,15H,4-5H2,(H,16,17). The molecule has 0 spiro atoms. The average molecular weight is 244 g/mol.